The molecule has 0 fully saturated rings. The van der Waals surface area contributed by atoms with E-state index in [-0.39, 0.29) is 11.3 Å². The molecule has 0 aliphatic carbocycles. The summed E-state index contributed by atoms with van der Waals surface area (Å²) in [6.07, 6.45) is 0. The molecule has 1 N–H and O–H groups in total. The quantitative estimate of drug-likeness (QED) is 0.494. The van der Waals surface area contributed by atoms with Gasteiger partial charge in [0, 0.05) is 5.69 Å². The molecule has 7 heteroatoms. The zero-order chi connectivity index (χ0) is 18.1. The predicted octanol–water partition coefficient (Wildman–Crippen LogP) is 5.31. The van der Waals surface area contributed by atoms with Crippen molar-refractivity contribution in [1.82, 2.24) is 9.97 Å². The summed E-state index contributed by atoms with van der Waals surface area (Å²) in [5.41, 5.74) is 2.94. The van der Waals surface area contributed by atoms with Crippen LogP contribution in [0.3, 0.4) is 0 Å². The fourth-order valence-corrected chi connectivity index (χ4v) is 3.90. The number of halogens is 1. The number of hydrogen-bond acceptors (Lipinski definition) is 6. The van der Waals surface area contributed by atoms with Gasteiger partial charge < -0.3 is 10.1 Å². The molecule has 0 radical (unpaired) electrons. The maximum Gasteiger partial charge on any atom is 0.348 e. The molecule has 2 heterocycles. The summed E-state index contributed by atoms with van der Waals surface area (Å²) in [5.74, 6) is 0.663. The van der Waals surface area contributed by atoms with Crippen molar-refractivity contribution in [2.24, 2.45) is 0 Å². The summed E-state index contributed by atoms with van der Waals surface area (Å²) in [6.45, 7) is 6.16. The van der Waals surface area contributed by atoms with E-state index in [1.165, 1.54) is 24.0 Å². The number of ether oxygens (including phenoxy) is 1. The largest absolute Gasteiger partial charge is 0.465 e. The lowest BCUT2D eigenvalue weighted by Gasteiger charge is -2.10. The van der Waals surface area contributed by atoms with Crippen molar-refractivity contribution >= 4 is 50.6 Å². The van der Waals surface area contributed by atoms with Crippen molar-refractivity contribution in [1.29, 1.82) is 0 Å². The highest BCUT2D eigenvalue weighted by Gasteiger charge is 2.21. The molecule has 0 aliphatic heterocycles. The second-order valence-corrected chi connectivity index (χ2v) is 7.31. The third-order valence-corrected chi connectivity index (χ3v) is 5.31. The SMILES string of the molecule is COC(=O)c1sc2nc(Cl)nc(Nc3ccc(C(C)C)cc3)c2c1C. The lowest BCUT2D eigenvalue weighted by molar-refractivity contribution is 0.0605. The zero-order valence-corrected chi connectivity index (χ0v) is 16.0. The molecule has 0 atom stereocenters. The monoisotopic (exact) mass is 375 g/mol. The van der Waals surface area contributed by atoms with Crippen LogP contribution in [0.25, 0.3) is 10.2 Å². The molecule has 0 spiro atoms. The number of anilines is 2. The van der Waals surface area contributed by atoms with E-state index in [0.29, 0.717) is 21.4 Å². The van der Waals surface area contributed by atoms with Gasteiger partial charge in [-0.15, -0.1) is 11.3 Å². The highest BCUT2D eigenvalue weighted by atomic mass is 35.5. The first kappa shape index (κ1) is 17.6. The Labute approximate surface area is 155 Å². The minimum atomic E-state index is -0.385. The molecule has 5 nitrogen and oxygen atoms in total. The van der Waals surface area contributed by atoms with Crippen molar-refractivity contribution < 1.29 is 9.53 Å². The molecule has 3 aromatic rings. The molecule has 0 saturated carbocycles. The van der Waals surface area contributed by atoms with Gasteiger partial charge in [0.2, 0.25) is 5.28 Å². The van der Waals surface area contributed by atoms with E-state index in [9.17, 15) is 4.79 Å². The molecule has 0 amide bonds. The van der Waals surface area contributed by atoms with E-state index < -0.39 is 0 Å². The zero-order valence-electron chi connectivity index (χ0n) is 14.4. The summed E-state index contributed by atoms with van der Waals surface area (Å²) in [4.78, 5) is 21.7. The highest BCUT2D eigenvalue weighted by molar-refractivity contribution is 7.20. The van der Waals surface area contributed by atoms with Crippen LogP contribution >= 0.6 is 22.9 Å². The fraction of sp³-hybridized carbons (Fsp3) is 0.278. The lowest BCUT2D eigenvalue weighted by atomic mass is 10.0. The van der Waals surface area contributed by atoms with Crippen LogP contribution < -0.4 is 5.32 Å². The van der Waals surface area contributed by atoms with Gasteiger partial charge in [-0.05, 0) is 47.7 Å². The van der Waals surface area contributed by atoms with Gasteiger partial charge in [0.1, 0.15) is 15.5 Å². The van der Waals surface area contributed by atoms with E-state index in [2.05, 4.69) is 41.3 Å². The molecule has 25 heavy (non-hydrogen) atoms. The van der Waals surface area contributed by atoms with Gasteiger partial charge in [-0.2, -0.15) is 4.98 Å². The van der Waals surface area contributed by atoms with Crippen LogP contribution in [0.4, 0.5) is 11.5 Å². The molecule has 0 saturated heterocycles. The standard InChI is InChI=1S/C18H18ClN3O2S/c1-9(2)11-5-7-12(8-6-11)20-15-13-10(3)14(17(23)24-4)25-16(13)22-18(19)21-15/h5-9H,1-4H3,(H,20,21,22). The van der Waals surface area contributed by atoms with Crippen LogP contribution in [-0.4, -0.2) is 23.0 Å². The number of fused-ring (bicyclic) bond motifs is 1. The summed E-state index contributed by atoms with van der Waals surface area (Å²) >= 11 is 7.31. The van der Waals surface area contributed by atoms with Crippen LogP contribution in [0.1, 0.15) is 40.6 Å². The van der Waals surface area contributed by atoms with Crippen LogP contribution in [0.5, 0.6) is 0 Å². The maximum atomic E-state index is 11.9. The van der Waals surface area contributed by atoms with Crippen molar-refractivity contribution in [2.45, 2.75) is 26.7 Å². The number of carbonyl (C=O) groups excluding carboxylic acids is 1. The average molecular weight is 376 g/mol. The van der Waals surface area contributed by atoms with Crippen molar-refractivity contribution in [3.8, 4) is 0 Å². The molecule has 2 aromatic heterocycles. The Morgan fingerprint density at radius 3 is 2.52 bits per heavy atom. The third-order valence-electron chi connectivity index (χ3n) is 3.97. The number of aryl methyl sites for hydroxylation is 1. The summed E-state index contributed by atoms with van der Waals surface area (Å²) < 4.78 is 4.84. The third kappa shape index (κ3) is 3.45. The minimum Gasteiger partial charge on any atom is -0.465 e. The van der Waals surface area contributed by atoms with Crippen LogP contribution in [0, 0.1) is 6.92 Å². The second kappa shape index (κ2) is 6.98. The van der Waals surface area contributed by atoms with Crippen molar-refractivity contribution in [3.63, 3.8) is 0 Å². The summed E-state index contributed by atoms with van der Waals surface area (Å²) in [5, 5.41) is 4.20. The number of nitrogens with one attached hydrogen (secondary N) is 1. The number of nitrogens with zero attached hydrogens (tertiary/aromatic N) is 2. The number of hydrogen-bond donors (Lipinski definition) is 1. The first-order valence-electron chi connectivity index (χ1n) is 7.82. The molecule has 130 valence electrons. The van der Waals surface area contributed by atoms with E-state index in [1.54, 1.807) is 0 Å². The first-order chi connectivity index (χ1) is 11.9. The average Bonchev–Trinajstić information content (AvgIpc) is 2.91. The Bertz CT molecular complexity index is 936. The molecule has 0 aliphatic rings. The van der Waals surface area contributed by atoms with Gasteiger partial charge in [-0.1, -0.05) is 26.0 Å². The van der Waals surface area contributed by atoms with Gasteiger partial charge in [0.25, 0.3) is 0 Å². The van der Waals surface area contributed by atoms with Crippen molar-refractivity contribution in [3.05, 3.63) is 45.6 Å². The van der Waals surface area contributed by atoms with Gasteiger partial charge >= 0.3 is 5.97 Å². The van der Waals surface area contributed by atoms with Gasteiger partial charge in [0.15, 0.2) is 0 Å². The van der Waals surface area contributed by atoms with Crippen LogP contribution in [0.2, 0.25) is 5.28 Å². The molecule has 0 bridgehead atoms. The molecular formula is C18H18ClN3O2S. The Kier molecular flexibility index (Phi) is 4.92. The van der Waals surface area contributed by atoms with E-state index in [4.69, 9.17) is 16.3 Å². The second-order valence-electron chi connectivity index (χ2n) is 5.97. The number of carbonyl (C=O) groups is 1. The Balaban J connectivity index is 2.06. The molecular weight excluding hydrogens is 358 g/mol. The van der Waals surface area contributed by atoms with E-state index in [1.807, 2.05) is 19.1 Å². The normalized spacial score (nSPS) is 11.1. The van der Waals surface area contributed by atoms with Crippen LogP contribution in [0.15, 0.2) is 24.3 Å². The number of esters is 1. The first-order valence-corrected chi connectivity index (χ1v) is 9.02. The fourth-order valence-electron chi connectivity index (χ4n) is 2.58. The minimum absolute atomic E-state index is 0.131. The number of benzene rings is 1. The molecule has 1 aromatic carbocycles. The summed E-state index contributed by atoms with van der Waals surface area (Å²) in [6, 6.07) is 8.15. The maximum absolute atomic E-state index is 11.9. The van der Waals surface area contributed by atoms with Crippen LogP contribution in [-0.2, 0) is 4.74 Å². The molecule has 3 rings (SSSR count). The Morgan fingerprint density at radius 2 is 1.92 bits per heavy atom. The van der Waals surface area contributed by atoms with Gasteiger partial charge in [-0.25, -0.2) is 9.78 Å². The number of aromatic nitrogens is 2. The predicted molar refractivity (Wildman–Crippen MR) is 102 cm³/mol. The smallest absolute Gasteiger partial charge is 0.348 e. The Morgan fingerprint density at radius 1 is 1.24 bits per heavy atom. The number of thiophene rings is 1. The number of methoxy groups -OCH3 is 1. The summed E-state index contributed by atoms with van der Waals surface area (Å²) in [7, 11) is 1.36. The Hall–Kier alpha value is -2.18. The lowest BCUT2D eigenvalue weighted by Crippen LogP contribution is -2.00. The van der Waals surface area contributed by atoms with E-state index >= 15 is 0 Å². The highest BCUT2D eigenvalue weighted by Crippen LogP contribution is 2.36. The topological polar surface area (TPSA) is 64.1 Å². The molecule has 0 unspecified atom stereocenters. The van der Waals surface area contributed by atoms with Gasteiger partial charge in [-0.3, -0.25) is 0 Å². The van der Waals surface area contributed by atoms with Gasteiger partial charge in [0.05, 0.1) is 12.5 Å². The van der Waals surface area contributed by atoms with Crippen molar-refractivity contribution in [2.75, 3.05) is 12.4 Å². The number of rotatable bonds is 4. The van der Waals surface area contributed by atoms with E-state index in [0.717, 1.165) is 16.6 Å².